The maximum Gasteiger partial charge on any atom is 0.226 e. The van der Waals surface area contributed by atoms with Crippen molar-refractivity contribution in [1.29, 1.82) is 0 Å². The molecule has 4 nitrogen and oxygen atoms in total. The number of aromatic amines is 2. The highest BCUT2D eigenvalue weighted by Gasteiger charge is 2.35. The lowest BCUT2D eigenvalue weighted by Crippen LogP contribution is -2.43. The third-order valence-corrected chi connectivity index (χ3v) is 6.43. The molecule has 2 aromatic heterocycles. The normalized spacial score (nSPS) is 11.8. The highest BCUT2D eigenvalue weighted by atomic mass is 16.2. The van der Waals surface area contributed by atoms with Crippen molar-refractivity contribution in [3.05, 3.63) is 115 Å². The van der Waals surface area contributed by atoms with Gasteiger partial charge in [0.05, 0.1) is 5.41 Å². The monoisotopic (exact) mass is 434 g/mol. The van der Waals surface area contributed by atoms with E-state index >= 15 is 0 Å². The zero-order valence-corrected chi connectivity index (χ0v) is 18.6. The molecule has 4 heteroatoms. The van der Waals surface area contributed by atoms with Crippen molar-refractivity contribution in [1.82, 2.24) is 15.3 Å². The first kappa shape index (κ1) is 21.1. The number of benzene rings is 3. The summed E-state index contributed by atoms with van der Waals surface area (Å²) >= 11 is 0. The fourth-order valence-electron chi connectivity index (χ4n) is 4.66. The summed E-state index contributed by atoms with van der Waals surface area (Å²) in [6.45, 7) is 5.10. The Morgan fingerprint density at radius 3 is 1.85 bits per heavy atom. The summed E-state index contributed by atoms with van der Waals surface area (Å²) in [4.78, 5) is 20.3. The fraction of sp³-hybridized carbons (Fsp3) is 0.172. The van der Waals surface area contributed by atoms with Crippen molar-refractivity contribution >= 4 is 27.7 Å². The molecule has 0 aliphatic heterocycles. The SMILES string of the molecule is [CH2]C(Cc1c[nH]c2ccccc12)(Cc1c[nH]c2ccccc12)C(=O)NCCc1ccccc1. The summed E-state index contributed by atoms with van der Waals surface area (Å²) in [7, 11) is 0. The maximum atomic E-state index is 13.6. The lowest BCUT2D eigenvalue weighted by molar-refractivity contribution is -0.128. The molecule has 165 valence electrons. The Kier molecular flexibility index (Phi) is 5.74. The largest absolute Gasteiger partial charge is 0.361 e. The number of carbonyl (C=O) groups is 1. The maximum absolute atomic E-state index is 13.6. The molecular formula is C29H28N3O. The van der Waals surface area contributed by atoms with Gasteiger partial charge in [0.1, 0.15) is 0 Å². The van der Waals surface area contributed by atoms with Gasteiger partial charge in [-0.2, -0.15) is 0 Å². The second-order valence-electron chi connectivity index (χ2n) is 8.84. The molecule has 0 saturated carbocycles. The molecular weight excluding hydrogens is 406 g/mol. The fourth-order valence-corrected chi connectivity index (χ4v) is 4.66. The molecule has 0 unspecified atom stereocenters. The molecule has 0 aliphatic carbocycles. The van der Waals surface area contributed by atoms with Crippen molar-refractivity contribution in [2.45, 2.75) is 19.3 Å². The predicted molar refractivity (Wildman–Crippen MR) is 135 cm³/mol. The minimum atomic E-state index is -0.841. The first-order chi connectivity index (χ1) is 16.1. The number of carbonyl (C=O) groups excluding carboxylic acids is 1. The molecule has 3 N–H and O–H groups in total. The lowest BCUT2D eigenvalue weighted by atomic mass is 9.77. The third-order valence-electron chi connectivity index (χ3n) is 6.43. The van der Waals surface area contributed by atoms with Gasteiger partial charge in [0.25, 0.3) is 0 Å². The Morgan fingerprint density at radius 2 is 1.27 bits per heavy atom. The van der Waals surface area contributed by atoms with Crippen LogP contribution < -0.4 is 5.32 Å². The van der Waals surface area contributed by atoms with Gasteiger partial charge in [0.2, 0.25) is 5.91 Å². The number of H-pyrrole nitrogens is 2. The van der Waals surface area contributed by atoms with Crippen molar-refractivity contribution in [2.75, 3.05) is 6.54 Å². The number of para-hydroxylation sites is 2. The molecule has 3 aromatic carbocycles. The molecule has 1 amide bonds. The van der Waals surface area contributed by atoms with Crippen LogP contribution in [0.25, 0.3) is 21.8 Å². The second-order valence-corrected chi connectivity index (χ2v) is 8.84. The second kappa shape index (κ2) is 8.99. The zero-order valence-electron chi connectivity index (χ0n) is 18.6. The van der Waals surface area contributed by atoms with Crippen molar-refractivity contribution in [3.8, 4) is 0 Å². The van der Waals surface area contributed by atoms with E-state index in [-0.39, 0.29) is 5.91 Å². The van der Waals surface area contributed by atoms with E-state index in [1.54, 1.807) is 0 Å². The van der Waals surface area contributed by atoms with E-state index < -0.39 is 5.41 Å². The summed E-state index contributed by atoms with van der Waals surface area (Å²) in [5.74, 6) is -0.0195. The average Bonchev–Trinajstić information content (AvgIpc) is 3.44. The first-order valence-corrected chi connectivity index (χ1v) is 11.4. The van der Waals surface area contributed by atoms with Gasteiger partial charge >= 0.3 is 0 Å². The van der Waals surface area contributed by atoms with Gasteiger partial charge < -0.3 is 15.3 Å². The van der Waals surface area contributed by atoms with Gasteiger partial charge in [-0.15, -0.1) is 0 Å². The molecule has 0 aliphatic rings. The molecule has 5 rings (SSSR count). The van der Waals surface area contributed by atoms with E-state index in [9.17, 15) is 4.79 Å². The summed E-state index contributed by atoms with van der Waals surface area (Å²) < 4.78 is 0. The Labute approximate surface area is 194 Å². The molecule has 0 spiro atoms. The molecule has 0 saturated heterocycles. The molecule has 2 heterocycles. The molecule has 33 heavy (non-hydrogen) atoms. The number of rotatable bonds is 8. The molecule has 0 bridgehead atoms. The Hall–Kier alpha value is -3.79. The highest BCUT2D eigenvalue weighted by molar-refractivity contribution is 5.89. The first-order valence-electron chi connectivity index (χ1n) is 11.4. The molecule has 0 fully saturated rings. The quantitative estimate of drug-likeness (QED) is 0.292. The Balaban J connectivity index is 1.42. The summed E-state index contributed by atoms with van der Waals surface area (Å²) in [5, 5.41) is 5.45. The smallest absolute Gasteiger partial charge is 0.226 e. The number of aromatic nitrogens is 2. The van der Waals surface area contributed by atoms with E-state index in [0.29, 0.717) is 19.4 Å². The minimum Gasteiger partial charge on any atom is -0.361 e. The van der Waals surface area contributed by atoms with Crippen molar-refractivity contribution in [2.24, 2.45) is 5.41 Å². The number of hydrogen-bond acceptors (Lipinski definition) is 1. The Morgan fingerprint density at radius 1 is 0.758 bits per heavy atom. The van der Waals surface area contributed by atoms with E-state index in [0.717, 1.165) is 39.4 Å². The highest BCUT2D eigenvalue weighted by Crippen LogP contribution is 2.33. The molecule has 1 radical (unpaired) electrons. The van der Waals surface area contributed by atoms with Crippen LogP contribution >= 0.6 is 0 Å². The van der Waals surface area contributed by atoms with E-state index in [4.69, 9.17) is 0 Å². The predicted octanol–water partition coefficient (Wildman–Crippen LogP) is 5.61. The zero-order chi connectivity index (χ0) is 22.7. The number of fused-ring (bicyclic) bond motifs is 2. The van der Waals surface area contributed by atoms with Crippen LogP contribution in [0.2, 0.25) is 0 Å². The van der Waals surface area contributed by atoms with Gasteiger partial charge in [-0.05, 0) is 55.0 Å². The van der Waals surface area contributed by atoms with Gasteiger partial charge in [0, 0.05) is 40.7 Å². The van der Waals surface area contributed by atoms with Crippen LogP contribution in [0.3, 0.4) is 0 Å². The summed E-state index contributed by atoms with van der Waals surface area (Å²) in [6.07, 6.45) is 5.92. The number of amides is 1. The van der Waals surface area contributed by atoms with Gasteiger partial charge in [-0.25, -0.2) is 0 Å². The van der Waals surface area contributed by atoms with Crippen LogP contribution in [0.15, 0.2) is 91.3 Å². The van der Waals surface area contributed by atoms with Crippen molar-refractivity contribution in [3.63, 3.8) is 0 Å². The van der Waals surface area contributed by atoms with Crippen LogP contribution in [0.4, 0.5) is 0 Å². The van der Waals surface area contributed by atoms with Crippen molar-refractivity contribution < 1.29 is 4.79 Å². The Bertz CT molecular complexity index is 1300. The van der Waals surface area contributed by atoms with E-state index in [2.05, 4.69) is 58.6 Å². The van der Waals surface area contributed by atoms with Crippen LogP contribution in [0, 0.1) is 12.3 Å². The van der Waals surface area contributed by atoms with Crippen LogP contribution in [-0.2, 0) is 24.1 Å². The lowest BCUT2D eigenvalue weighted by Gasteiger charge is -2.28. The topological polar surface area (TPSA) is 60.7 Å². The summed E-state index contributed by atoms with van der Waals surface area (Å²) in [5.41, 5.74) is 4.74. The average molecular weight is 435 g/mol. The molecule has 5 aromatic rings. The van der Waals surface area contributed by atoms with Gasteiger partial charge in [0.15, 0.2) is 0 Å². The van der Waals surface area contributed by atoms with Crippen LogP contribution in [0.1, 0.15) is 16.7 Å². The minimum absolute atomic E-state index is 0.0195. The van der Waals surface area contributed by atoms with Gasteiger partial charge in [-0.3, -0.25) is 4.79 Å². The number of nitrogens with one attached hydrogen (secondary N) is 3. The van der Waals surface area contributed by atoms with Crippen LogP contribution in [-0.4, -0.2) is 22.4 Å². The van der Waals surface area contributed by atoms with E-state index in [1.807, 2.05) is 54.9 Å². The molecule has 0 atom stereocenters. The van der Waals surface area contributed by atoms with Gasteiger partial charge in [-0.1, -0.05) is 66.7 Å². The van der Waals surface area contributed by atoms with E-state index in [1.165, 1.54) is 5.56 Å². The standard InChI is InChI=1S/C29H28N3O/c1-29(17-22-19-31-26-13-7-5-11-24(22)26,18-23-20-32-27-14-8-6-12-25(23)27)28(33)30-16-15-21-9-3-2-4-10-21/h2-14,19-20,31-32H,1,15-18H2,(H,30,33). The summed E-state index contributed by atoms with van der Waals surface area (Å²) in [6, 6.07) is 26.6. The van der Waals surface area contributed by atoms with Crippen LogP contribution in [0.5, 0.6) is 0 Å². The third kappa shape index (κ3) is 4.42. The number of hydrogen-bond donors (Lipinski definition) is 3.